The fourth-order valence-corrected chi connectivity index (χ4v) is 1.16. The van der Waals surface area contributed by atoms with Crippen molar-refractivity contribution in [3.05, 3.63) is 34.3 Å². The number of halogens is 2. The molecule has 0 saturated carbocycles. The van der Waals surface area contributed by atoms with Gasteiger partial charge in [0, 0.05) is 4.47 Å². The summed E-state index contributed by atoms with van der Waals surface area (Å²) in [4.78, 5) is 12.9. The van der Waals surface area contributed by atoms with Crippen LogP contribution < -0.4 is 0 Å². The molecule has 0 aromatic heterocycles. The van der Waals surface area contributed by atoms with Crippen molar-refractivity contribution in [1.82, 2.24) is 0 Å². The Labute approximate surface area is 83.6 Å². The molecule has 0 radical (unpaired) electrons. The number of nitrogens with zero attached hydrogens (tertiary/aromatic N) is 1. The molecule has 13 heavy (non-hydrogen) atoms. The first kappa shape index (κ1) is 10.1. The molecule has 1 unspecified atom stereocenters. The van der Waals surface area contributed by atoms with Gasteiger partial charge in [-0.1, -0.05) is 28.1 Å². The molecule has 1 aromatic carbocycles. The van der Waals surface area contributed by atoms with E-state index in [1.807, 2.05) is 0 Å². The molecule has 0 heterocycles. The van der Waals surface area contributed by atoms with E-state index in [-0.39, 0.29) is 6.54 Å². The zero-order valence-electron chi connectivity index (χ0n) is 6.71. The monoisotopic (exact) mass is 243 g/mol. The number of hydrogen-bond donors (Lipinski definition) is 0. The van der Waals surface area contributed by atoms with Crippen LogP contribution in [0.3, 0.4) is 0 Å². The van der Waals surface area contributed by atoms with Crippen molar-refractivity contribution in [3.63, 3.8) is 0 Å². The zero-order valence-corrected chi connectivity index (χ0v) is 8.29. The lowest BCUT2D eigenvalue weighted by Gasteiger charge is -2.03. The van der Waals surface area contributed by atoms with Crippen molar-refractivity contribution in [2.24, 2.45) is 4.99 Å². The van der Waals surface area contributed by atoms with Crippen LogP contribution in [-0.4, -0.2) is 12.6 Å². The van der Waals surface area contributed by atoms with Gasteiger partial charge in [0.05, 0.1) is 6.54 Å². The molecule has 4 heteroatoms. The van der Waals surface area contributed by atoms with Crippen molar-refractivity contribution < 1.29 is 9.18 Å². The van der Waals surface area contributed by atoms with Gasteiger partial charge < -0.3 is 0 Å². The number of rotatable bonds is 3. The average molecular weight is 244 g/mol. The lowest BCUT2D eigenvalue weighted by Crippen LogP contribution is -1.95. The Morgan fingerprint density at radius 1 is 1.46 bits per heavy atom. The van der Waals surface area contributed by atoms with Gasteiger partial charge in [0.2, 0.25) is 6.08 Å². The molecule has 1 aromatic rings. The van der Waals surface area contributed by atoms with Crippen LogP contribution >= 0.6 is 15.9 Å². The molecule has 0 saturated heterocycles. The van der Waals surface area contributed by atoms with Crippen LogP contribution in [0.2, 0.25) is 0 Å². The summed E-state index contributed by atoms with van der Waals surface area (Å²) in [6.07, 6.45) is 0.0782. The molecule has 0 N–H and O–H groups in total. The third-order valence-electron chi connectivity index (χ3n) is 1.55. The second-order valence-corrected chi connectivity index (χ2v) is 3.37. The minimum atomic E-state index is -1.23. The highest BCUT2D eigenvalue weighted by molar-refractivity contribution is 9.10. The Morgan fingerprint density at radius 2 is 2.08 bits per heavy atom. The normalized spacial score (nSPS) is 11.8. The Bertz CT molecular complexity index is 319. The molecule has 1 rings (SSSR count). The Hall–Kier alpha value is -0.990. The maximum Gasteiger partial charge on any atom is 0.235 e. The minimum absolute atomic E-state index is 0.162. The first-order valence-corrected chi connectivity index (χ1v) is 4.46. The fraction of sp³-hybridized carbons (Fsp3) is 0.222. The highest BCUT2D eigenvalue weighted by Gasteiger charge is 2.07. The van der Waals surface area contributed by atoms with Crippen molar-refractivity contribution >= 4 is 22.0 Å². The van der Waals surface area contributed by atoms with E-state index in [1.54, 1.807) is 24.3 Å². The zero-order chi connectivity index (χ0) is 9.68. The molecular formula is C9H7BrFNO. The highest BCUT2D eigenvalue weighted by atomic mass is 79.9. The summed E-state index contributed by atoms with van der Waals surface area (Å²) in [6.45, 7) is -0.162. The summed E-state index contributed by atoms with van der Waals surface area (Å²) in [5.41, 5.74) is 0.516. The van der Waals surface area contributed by atoms with Crippen LogP contribution in [0.15, 0.2) is 33.7 Å². The predicted molar refractivity (Wildman–Crippen MR) is 51.0 cm³/mol. The van der Waals surface area contributed by atoms with E-state index in [9.17, 15) is 9.18 Å². The third-order valence-corrected chi connectivity index (χ3v) is 2.08. The van der Waals surface area contributed by atoms with Gasteiger partial charge in [-0.15, -0.1) is 0 Å². The SMILES string of the molecule is O=C=NCC(F)c1ccc(Br)cc1. The maximum absolute atomic E-state index is 13.2. The fourth-order valence-electron chi connectivity index (χ4n) is 0.894. The molecule has 0 fully saturated rings. The Balaban J connectivity index is 2.71. The van der Waals surface area contributed by atoms with E-state index in [4.69, 9.17) is 0 Å². The van der Waals surface area contributed by atoms with Crippen molar-refractivity contribution in [1.29, 1.82) is 0 Å². The maximum atomic E-state index is 13.2. The molecule has 2 nitrogen and oxygen atoms in total. The molecule has 68 valence electrons. The van der Waals surface area contributed by atoms with E-state index >= 15 is 0 Å². The van der Waals surface area contributed by atoms with E-state index in [0.29, 0.717) is 5.56 Å². The van der Waals surface area contributed by atoms with Gasteiger partial charge >= 0.3 is 0 Å². The summed E-state index contributed by atoms with van der Waals surface area (Å²) in [7, 11) is 0. The lowest BCUT2D eigenvalue weighted by molar-refractivity contribution is 0.353. The molecule has 0 aliphatic carbocycles. The van der Waals surface area contributed by atoms with Gasteiger partial charge in [-0.05, 0) is 17.7 Å². The standard InChI is InChI=1S/C9H7BrFNO/c10-8-3-1-7(2-4-8)9(11)5-12-6-13/h1-4,9H,5H2. The smallest absolute Gasteiger partial charge is 0.235 e. The van der Waals surface area contributed by atoms with Crippen molar-refractivity contribution in [2.75, 3.05) is 6.54 Å². The van der Waals surface area contributed by atoms with Crippen LogP contribution in [0.25, 0.3) is 0 Å². The third kappa shape index (κ3) is 3.09. The molecule has 0 aliphatic heterocycles. The summed E-state index contributed by atoms with van der Waals surface area (Å²) in [5, 5.41) is 0. The number of isocyanates is 1. The lowest BCUT2D eigenvalue weighted by atomic mass is 10.1. The number of aliphatic imine (C=N–C) groups is 1. The van der Waals surface area contributed by atoms with Gasteiger partial charge in [-0.3, -0.25) is 0 Å². The molecular weight excluding hydrogens is 237 g/mol. The quantitative estimate of drug-likeness (QED) is 0.593. The Morgan fingerprint density at radius 3 is 2.62 bits per heavy atom. The molecule has 0 bridgehead atoms. The van der Waals surface area contributed by atoms with Crippen LogP contribution in [-0.2, 0) is 4.79 Å². The first-order chi connectivity index (χ1) is 6.24. The van der Waals surface area contributed by atoms with Crippen LogP contribution in [0.5, 0.6) is 0 Å². The molecule has 0 spiro atoms. The highest BCUT2D eigenvalue weighted by Crippen LogP contribution is 2.19. The second kappa shape index (κ2) is 4.90. The number of benzene rings is 1. The second-order valence-electron chi connectivity index (χ2n) is 2.45. The van der Waals surface area contributed by atoms with E-state index in [2.05, 4.69) is 20.9 Å². The summed E-state index contributed by atoms with van der Waals surface area (Å²) < 4.78 is 14.1. The van der Waals surface area contributed by atoms with Crippen LogP contribution in [0, 0.1) is 0 Å². The van der Waals surface area contributed by atoms with Gasteiger partial charge in [-0.25, -0.2) is 14.2 Å². The van der Waals surface area contributed by atoms with Crippen LogP contribution in [0.1, 0.15) is 11.7 Å². The van der Waals surface area contributed by atoms with Gasteiger partial charge in [0.15, 0.2) is 0 Å². The topological polar surface area (TPSA) is 29.4 Å². The number of hydrogen-bond acceptors (Lipinski definition) is 2. The molecule has 0 amide bonds. The van der Waals surface area contributed by atoms with Crippen LogP contribution in [0.4, 0.5) is 4.39 Å². The summed E-state index contributed by atoms with van der Waals surface area (Å²) >= 11 is 3.24. The molecule has 1 atom stereocenters. The van der Waals surface area contributed by atoms with E-state index in [1.165, 1.54) is 6.08 Å². The van der Waals surface area contributed by atoms with Gasteiger partial charge in [0.1, 0.15) is 6.17 Å². The van der Waals surface area contributed by atoms with Gasteiger partial charge in [-0.2, -0.15) is 0 Å². The summed E-state index contributed by atoms with van der Waals surface area (Å²) in [6, 6.07) is 6.78. The Kier molecular flexibility index (Phi) is 3.80. The van der Waals surface area contributed by atoms with Gasteiger partial charge in [0.25, 0.3) is 0 Å². The van der Waals surface area contributed by atoms with Crippen molar-refractivity contribution in [2.45, 2.75) is 6.17 Å². The minimum Gasteiger partial charge on any atom is -0.240 e. The van der Waals surface area contributed by atoms with E-state index < -0.39 is 6.17 Å². The van der Waals surface area contributed by atoms with Crippen molar-refractivity contribution in [3.8, 4) is 0 Å². The molecule has 0 aliphatic rings. The number of carbonyl (C=O) groups excluding carboxylic acids is 1. The van der Waals surface area contributed by atoms with E-state index in [0.717, 1.165) is 4.47 Å². The average Bonchev–Trinajstić information content (AvgIpc) is 2.15. The summed E-state index contributed by atoms with van der Waals surface area (Å²) in [5.74, 6) is 0. The number of alkyl halides is 1. The first-order valence-electron chi connectivity index (χ1n) is 3.67. The predicted octanol–water partition coefficient (Wildman–Crippen LogP) is 2.80. The largest absolute Gasteiger partial charge is 0.240 e.